The van der Waals surface area contributed by atoms with Crippen LogP contribution in [-0.2, 0) is 4.74 Å². The fraction of sp³-hybridized carbons (Fsp3) is 0.375. The molecule has 0 bridgehead atoms. The van der Waals surface area contributed by atoms with Crippen LogP contribution in [0.2, 0.25) is 0 Å². The number of carbonyl (C=O) groups excluding carboxylic acids is 2. The summed E-state index contributed by atoms with van der Waals surface area (Å²) in [5, 5.41) is 10.1. The van der Waals surface area contributed by atoms with Crippen LogP contribution in [0.5, 0.6) is 11.5 Å². The van der Waals surface area contributed by atoms with Gasteiger partial charge in [-0.2, -0.15) is 0 Å². The summed E-state index contributed by atoms with van der Waals surface area (Å²) in [5.74, 6) is -0.445. The molecule has 5 heteroatoms. The van der Waals surface area contributed by atoms with Crippen molar-refractivity contribution in [2.24, 2.45) is 0 Å². The first-order valence-corrected chi connectivity index (χ1v) is 6.83. The van der Waals surface area contributed by atoms with Crippen molar-refractivity contribution >= 4 is 11.6 Å². The van der Waals surface area contributed by atoms with Crippen molar-refractivity contribution in [1.29, 1.82) is 0 Å². The first-order chi connectivity index (χ1) is 9.93. The number of ether oxygens (including phenoxy) is 2. The molecule has 1 N–H and O–H groups in total. The number of hydrogen-bond donors (Lipinski definition) is 1. The maximum atomic E-state index is 12.7. The van der Waals surface area contributed by atoms with Crippen LogP contribution >= 0.6 is 0 Å². The van der Waals surface area contributed by atoms with Gasteiger partial charge in [-0.3, -0.25) is 9.59 Å². The summed E-state index contributed by atoms with van der Waals surface area (Å²) in [4.78, 5) is 25.3. The number of aromatic hydroxyl groups is 1. The van der Waals surface area contributed by atoms with Gasteiger partial charge in [-0.25, -0.2) is 0 Å². The lowest BCUT2D eigenvalue weighted by atomic mass is 9.78. The van der Waals surface area contributed by atoms with Gasteiger partial charge in [0.05, 0.1) is 24.9 Å². The number of phenolic OH excluding ortho intramolecular Hbond substituents is 1. The van der Waals surface area contributed by atoms with Crippen LogP contribution < -0.4 is 4.74 Å². The Kier molecular flexibility index (Phi) is 3.10. The average Bonchev–Trinajstić information content (AvgIpc) is 2.43. The van der Waals surface area contributed by atoms with E-state index in [-0.39, 0.29) is 34.5 Å². The topological polar surface area (TPSA) is 72.8 Å². The van der Waals surface area contributed by atoms with Crippen molar-refractivity contribution in [3.05, 3.63) is 34.4 Å². The second kappa shape index (κ2) is 4.70. The molecule has 0 amide bonds. The monoisotopic (exact) mass is 288 g/mol. The lowest BCUT2D eigenvalue weighted by Gasteiger charge is -2.32. The number of hydrogen-bond acceptors (Lipinski definition) is 5. The summed E-state index contributed by atoms with van der Waals surface area (Å²) in [6.07, 6.45) is -0.159. The van der Waals surface area contributed by atoms with Gasteiger partial charge in [0.2, 0.25) is 0 Å². The Morgan fingerprint density at radius 1 is 1.24 bits per heavy atom. The third-order valence-corrected chi connectivity index (χ3v) is 3.98. The summed E-state index contributed by atoms with van der Waals surface area (Å²) in [5.41, 5.74) is 1.11. The first-order valence-electron chi connectivity index (χ1n) is 6.83. The Bertz CT molecular complexity index is 686. The first kappa shape index (κ1) is 13.8. The zero-order chi connectivity index (χ0) is 15.3. The number of fused-ring (bicyclic) bond motifs is 1. The van der Waals surface area contributed by atoms with Crippen LogP contribution in [0.1, 0.15) is 41.0 Å². The third-order valence-electron chi connectivity index (χ3n) is 3.98. The van der Waals surface area contributed by atoms with Gasteiger partial charge in [0.15, 0.2) is 11.6 Å². The van der Waals surface area contributed by atoms with Gasteiger partial charge >= 0.3 is 0 Å². The maximum absolute atomic E-state index is 12.7. The predicted octanol–water partition coefficient (Wildman–Crippen LogP) is 2.27. The Morgan fingerprint density at radius 3 is 2.62 bits per heavy atom. The molecule has 1 unspecified atom stereocenters. The number of rotatable bonds is 1. The average molecular weight is 288 g/mol. The molecule has 0 aromatic heterocycles. The predicted molar refractivity (Wildman–Crippen MR) is 75.0 cm³/mol. The van der Waals surface area contributed by atoms with E-state index in [1.165, 1.54) is 19.2 Å². The largest absolute Gasteiger partial charge is 0.507 e. The summed E-state index contributed by atoms with van der Waals surface area (Å²) < 4.78 is 10.7. The van der Waals surface area contributed by atoms with E-state index in [0.29, 0.717) is 23.3 Å². The molecule has 1 aromatic carbocycles. The van der Waals surface area contributed by atoms with Gasteiger partial charge in [-0.15, -0.1) is 0 Å². The quantitative estimate of drug-likeness (QED) is 0.858. The minimum absolute atomic E-state index is 0.0459. The molecule has 0 saturated heterocycles. The highest BCUT2D eigenvalue weighted by Crippen LogP contribution is 2.40. The van der Waals surface area contributed by atoms with Crippen LogP contribution in [0.15, 0.2) is 23.3 Å². The molecule has 0 radical (unpaired) electrons. The Morgan fingerprint density at radius 2 is 1.95 bits per heavy atom. The van der Waals surface area contributed by atoms with E-state index < -0.39 is 6.10 Å². The van der Waals surface area contributed by atoms with Crippen LogP contribution in [-0.4, -0.2) is 36.0 Å². The Labute approximate surface area is 122 Å². The van der Waals surface area contributed by atoms with E-state index >= 15 is 0 Å². The SMILES string of the molecule is COc1cc(O)c2c(c1)C(=O)C1=C(C2=O)[C@@H](C)OC(C)C1. The minimum Gasteiger partial charge on any atom is -0.507 e. The highest BCUT2D eigenvalue weighted by atomic mass is 16.5. The molecule has 1 heterocycles. The zero-order valence-electron chi connectivity index (χ0n) is 12.1. The van der Waals surface area contributed by atoms with Crippen molar-refractivity contribution in [3.63, 3.8) is 0 Å². The lowest BCUT2D eigenvalue weighted by molar-refractivity contribution is 0.0148. The highest BCUT2D eigenvalue weighted by Gasteiger charge is 2.40. The van der Waals surface area contributed by atoms with Gasteiger partial charge in [0.25, 0.3) is 0 Å². The van der Waals surface area contributed by atoms with Gasteiger partial charge in [-0.1, -0.05) is 0 Å². The third kappa shape index (κ3) is 1.96. The van der Waals surface area contributed by atoms with Crippen molar-refractivity contribution in [3.8, 4) is 11.5 Å². The van der Waals surface area contributed by atoms with Crippen LogP contribution in [0.3, 0.4) is 0 Å². The molecular weight excluding hydrogens is 272 g/mol. The standard InChI is InChI=1S/C16H16O5/c1-7-4-10-13(8(2)21-7)16(19)14-11(15(10)18)5-9(20-3)6-12(14)17/h5-8,17H,4H2,1-3H3/t7?,8-/m1/s1. The second-order valence-corrected chi connectivity index (χ2v) is 5.41. The highest BCUT2D eigenvalue weighted by molar-refractivity contribution is 6.28. The van der Waals surface area contributed by atoms with Gasteiger partial charge in [0.1, 0.15) is 11.5 Å². The van der Waals surface area contributed by atoms with E-state index in [1.807, 2.05) is 6.92 Å². The van der Waals surface area contributed by atoms with Crippen LogP contribution in [0, 0.1) is 0 Å². The van der Waals surface area contributed by atoms with Crippen molar-refractivity contribution < 1.29 is 24.2 Å². The summed E-state index contributed by atoms with van der Waals surface area (Å²) in [6, 6.07) is 2.84. The fourth-order valence-corrected chi connectivity index (χ4v) is 3.08. The fourth-order valence-electron chi connectivity index (χ4n) is 3.08. The molecule has 1 aliphatic heterocycles. The number of benzene rings is 1. The molecule has 5 nitrogen and oxygen atoms in total. The van der Waals surface area contributed by atoms with Gasteiger partial charge in [0, 0.05) is 29.2 Å². The van der Waals surface area contributed by atoms with E-state index in [1.54, 1.807) is 6.92 Å². The normalized spacial score (nSPS) is 24.7. The molecule has 1 aromatic rings. The molecule has 110 valence electrons. The Balaban J connectivity index is 2.23. The van der Waals surface area contributed by atoms with Crippen LogP contribution in [0.4, 0.5) is 0 Å². The molecule has 2 atom stereocenters. The summed E-state index contributed by atoms with van der Waals surface area (Å²) in [6.45, 7) is 3.62. The molecule has 3 rings (SSSR count). The van der Waals surface area contributed by atoms with Crippen molar-refractivity contribution in [2.45, 2.75) is 32.5 Å². The second-order valence-electron chi connectivity index (χ2n) is 5.41. The molecule has 0 saturated carbocycles. The molecule has 2 aliphatic rings. The van der Waals surface area contributed by atoms with E-state index in [2.05, 4.69) is 0 Å². The Hall–Kier alpha value is -2.14. The van der Waals surface area contributed by atoms with Crippen molar-refractivity contribution in [1.82, 2.24) is 0 Å². The van der Waals surface area contributed by atoms with E-state index in [4.69, 9.17) is 9.47 Å². The van der Waals surface area contributed by atoms with E-state index in [9.17, 15) is 14.7 Å². The van der Waals surface area contributed by atoms with Crippen LogP contribution in [0.25, 0.3) is 0 Å². The molecule has 21 heavy (non-hydrogen) atoms. The molecular formula is C16H16O5. The number of carbonyl (C=O) groups is 2. The zero-order valence-corrected chi connectivity index (χ0v) is 12.1. The molecule has 0 fully saturated rings. The van der Waals surface area contributed by atoms with Gasteiger partial charge in [-0.05, 0) is 19.9 Å². The smallest absolute Gasteiger partial charge is 0.196 e. The molecule has 0 spiro atoms. The summed E-state index contributed by atoms with van der Waals surface area (Å²) in [7, 11) is 1.44. The number of ketones is 2. The number of phenols is 1. The lowest BCUT2D eigenvalue weighted by Crippen LogP contribution is -2.36. The number of Topliss-reactive ketones (excluding diaryl/α,β-unsaturated/α-hetero) is 2. The maximum Gasteiger partial charge on any atom is 0.196 e. The van der Waals surface area contributed by atoms with E-state index in [0.717, 1.165) is 0 Å². The minimum atomic E-state index is -0.449. The summed E-state index contributed by atoms with van der Waals surface area (Å²) >= 11 is 0. The molecule has 1 aliphatic carbocycles. The van der Waals surface area contributed by atoms with Gasteiger partial charge < -0.3 is 14.6 Å². The van der Waals surface area contributed by atoms with Crippen molar-refractivity contribution in [2.75, 3.05) is 7.11 Å². The number of methoxy groups -OCH3 is 1.